The molecule has 8 nitrogen and oxygen atoms in total. The van der Waals surface area contributed by atoms with Crippen LogP contribution in [0.1, 0.15) is 41.4 Å². The van der Waals surface area contributed by atoms with Crippen molar-refractivity contribution in [2.45, 2.75) is 25.3 Å². The Hall–Kier alpha value is -3.43. The average Bonchev–Trinajstić information content (AvgIpc) is 3.23. The van der Waals surface area contributed by atoms with E-state index >= 15 is 0 Å². The number of amides is 2. The maximum absolute atomic E-state index is 13.6. The van der Waals surface area contributed by atoms with Crippen molar-refractivity contribution in [3.05, 3.63) is 53.4 Å². The second kappa shape index (κ2) is 8.13. The molecule has 0 radical (unpaired) electrons. The smallest absolute Gasteiger partial charge is 0.267 e. The van der Waals surface area contributed by atoms with Crippen molar-refractivity contribution in [3.63, 3.8) is 0 Å². The lowest BCUT2D eigenvalue weighted by molar-refractivity contribution is -0.138. The monoisotopic (exact) mass is 414 g/mol. The Morgan fingerprint density at radius 2 is 1.80 bits per heavy atom. The van der Waals surface area contributed by atoms with E-state index in [1.165, 1.54) is 29.4 Å². The topological polar surface area (TPSA) is 105 Å². The second-order valence-corrected chi connectivity index (χ2v) is 7.30. The fourth-order valence-electron chi connectivity index (χ4n) is 3.82. The minimum Gasteiger partial charge on any atom is -0.364 e. The van der Waals surface area contributed by atoms with Gasteiger partial charge in [0.15, 0.2) is 0 Å². The number of rotatable bonds is 4. The first-order valence-electron chi connectivity index (χ1n) is 9.61. The number of primary amides is 1. The highest BCUT2D eigenvalue weighted by Crippen LogP contribution is 2.32. The molecule has 0 bridgehead atoms. The Morgan fingerprint density at radius 3 is 2.47 bits per heavy atom. The van der Waals surface area contributed by atoms with Gasteiger partial charge in [0.1, 0.15) is 17.3 Å². The van der Waals surface area contributed by atoms with Gasteiger partial charge in [0.25, 0.3) is 5.91 Å². The van der Waals surface area contributed by atoms with E-state index in [4.69, 9.17) is 5.73 Å². The number of carbonyl (C=O) groups is 2. The minimum atomic E-state index is -0.684. The lowest BCUT2D eigenvalue weighted by Crippen LogP contribution is -2.41. The fourth-order valence-corrected chi connectivity index (χ4v) is 3.82. The first kappa shape index (κ1) is 19.9. The van der Waals surface area contributed by atoms with Gasteiger partial charge >= 0.3 is 0 Å². The number of hydrazone groups is 1. The van der Waals surface area contributed by atoms with Crippen LogP contribution >= 0.6 is 0 Å². The summed E-state index contributed by atoms with van der Waals surface area (Å²) < 4.78 is 27.2. The van der Waals surface area contributed by atoms with E-state index in [1.54, 1.807) is 6.21 Å². The number of piperidine rings is 1. The van der Waals surface area contributed by atoms with Crippen LogP contribution in [0, 0.1) is 17.6 Å². The summed E-state index contributed by atoms with van der Waals surface area (Å²) in [6, 6.07) is 4.19. The summed E-state index contributed by atoms with van der Waals surface area (Å²) in [7, 11) is 0. The molecule has 156 valence electrons. The number of hydrogen-bond donors (Lipinski definition) is 1. The second-order valence-electron chi connectivity index (χ2n) is 7.30. The molecular weight excluding hydrogens is 394 g/mol. The summed E-state index contributed by atoms with van der Waals surface area (Å²) >= 11 is 0. The third kappa shape index (κ3) is 3.98. The van der Waals surface area contributed by atoms with Crippen LogP contribution in [-0.4, -0.2) is 46.1 Å². The van der Waals surface area contributed by atoms with Crippen molar-refractivity contribution < 1.29 is 18.4 Å². The summed E-state index contributed by atoms with van der Waals surface area (Å²) in [6.45, 7) is 1.05. The van der Waals surface area contributed by atoms with E-state index in [0.717, 1.165) is 6.07 Å². The van der Waals surface area contributed by atoms with Crippen molar-refractivity contribution in [2.24, 2.45) is 16.8 Å². The summed E-state index contributed by atoms with van der Waals surface area (Å²) in [5.41, 5.74) is 5.78. The van der Waals surface area contributed by atoms with Crippen molar-refractivity contribution >= 4 is 24.0 Å². The van der Waals surface area contributed by atoms with E-state index in [2.05, 4.69) is 15.1 Å². The molecule has 1 saturated heterocycles. The molecule has 1 fully saturated rings. The number of halogens is 2. The zero-order valence-corrected chi connectivity index (χ0v) is 16.0. The summed E-state index contributed by atoms with van der Waals surface area (Å²) in [6.07, 6.45) is 4.55. The Labute approximate surface area is 171 Å². The number of nitrogens with two attached hydrogens (primary N) is 1. The molecule has 1 unspecified atom stereocenters. The maximum Gasteiger partial charge on any atom is 0.267 e. The van der Waals surface area contributed by atoms with Gasteiger partial charge in [0.05, 0.1) is 6.04 Å². The molecule has 2 N–H and O–H groups in total. The molecule has 1 aromatic carbocycles. The number of benzene rings is 1. The summed E-state index contributed by atoms with van der Waals surface area (Å²) in [5, 5.41) is 5.49. The molecule has 2 amide bonds. The molecule has 3 heterocycles. The highest BCUT2D eigenvalue weighted by Gasteiger charge is 2.35. The number of hydrogen-bond acceptors (Lipinski definition) is 6. The predicted octanol–water partition coefficient (Wildman–Crippen LogP) is 2.03. The average molecular weight is 414 g/mol. The number of anilines is 1. The van der Waals surface area contributed by atoms with Gasteiger partial charge in [0, 0.05) is 43.9 Å². The molecule has 10 heteroatoms. The van der Waals surface area contributed by atoms with Crippen LogP contribution in [0.4, 0.5) is 14.7 Å². The van der Waals surface area contributed by atoms with Gasteiger partial charge in [-0.25, -0.2) is 23.8 Å². The molecule has 0 saturated carbocycles. The van der Waals surface area contributed by atoms with Gasteiger partial charge < -0.3 is 10.6 Å². The fraction of sp³-hybridized carbons (Fsp3) is 0.350. The van der Waals surface area contributed by atoms with Gasteiger partial charge in [-0.15, -0.1) is 0 Å². The largest absolute Gasteiger partial charge is 0.364 e. The molecule has 30 heavy (non-hydrogen) atoms. The van der Waals surface area contributed by atoms with Gasteiger partial charge in [-0.05, 0) is 36.6 Å². The van der Waals surface area contributed by atoms with E-state index in [-0.39, 0.29) is 17.5 Å². The normalized spacial score (nSPS) is 19.3. The molecular formula is C20H20F2N6O2. The van der Waals surface area contributed by atoms with Gasteiger partial charge in [-0.3, -0.25) is 9.59 Å². The number of nitrogens with zero attached hydrogens (tertiary/aromatic N) is 5. The molecule has 2 aliphatic heterocycles. The van der Waals surface area contributed by atoms with Crippen LogP contribution in [0.15, 0.2) is 35.6 Å². The Morgan fingerprint density at radius 1 is 1.10 bits per heavy atom. The SMILES string of the molecule is NC(=O)c1ccnc(N2CCC(C(=O)N3N=CCC3c3cc(F)cc(F)c3)CC2)n1. The van der Waals surface area contributed by atoms with E-state index in [9.17, 15) is 18.4 Å². The van der Waals surface area contributed by atoms with Gasteiger partial charge in [-0.1, -0.05) is 0 Å². The Balaban J connectivity index is 1.43. The van der Waals surface area contributed by atoms with Gasteiger partial charge in [0.2, 0.25) is 11.9 Å². The zero-order valence-electron chi connectivity index (χ0n) is 16.0. The Bertz CT molecular complexity index is 986. The molecule has 1 atom stereocenters. The van der Waals surface area contributed by atoms with Crippen LogP contribution in [-0.2, 0) is 4.79 Å². The lowest BCUT2D eigenvalue weighted by Gasteiger charge is -2.33. The Kier molecular flexibility index (Phi) is 5.39. The standard InChI is InChI=1S/C20H20F2N6O2/c21-14-9-13(10-15(22)11-14)17-2-6-25-28(17)19(30)12-3-7-27(8-4-12)20-24-5-1-16(26-20)18(23)29/h1,5-6,9-12,17H,2-4,7-8H2,(H2,23,29). The van der Waals surface area contributed by atoms with E-state index in [0.29, 0.717) is 43.9 Å². The third-order valence-corrected chi connectivity index (χ3v) is 5.35. The van der Waals surface area contributed by atoms with Crippen LogP contribution in [0.5, 0.6) is 0 Å². The highest BCUT2D eigenvalue weighted by atomic mass is 19.1. The van der Waals surface area contributed by atoms with Gasteiger partial charge in [-0.2, -0.15) is 5.10 Å². The first-order valence-corrected chi connectivity index (χ1v) is 9.61. The molecule has 2 aromatic rings. The molecule has 4 rings (SSSR count). The quantitative estimate of drug-likeness (QED) is 0.824. The third-order valence-electron chi connectivity index (χ3n) is 5.35. The van der Waals surface area contributed by atoms with Crippen LogP contribution in [0.25, 0.3) is 0 Å². The molecule has 1 aromatic heterocycles. The molecule has 0 spiro atoms. The van der Waals surface area contributed by atoms with Crippen molar-refractivity contribution in [3.8, 4) is 0 Å². The number of carbonyl (C=O) groups excluding carboxylic acids is 2. The lowest BCUT2D eigenvalue weighted by atomic mass is 9.94. The number of aromatic nitrogens is 2. The van der Waals surface area contributed by atoms with Crippen LogP contribution in [0.3, 0.4) is 0 Å². The zero-order chi connectivity index (χ0) is 21.3. The predicted molar refractivity (Wildman–Crippen MR) is 105 cm³/mol. The van der Waals surface area contributed by atoms with E-state index < -0.39 is 23.6 Å². The summed E-state index contributed by atoms with van der Waals surface area (Å²) in [4.78, 5) is 34.6. The summed E-state index contributed by atoms with van der Waals surface area (Å²) in [5.74, 6) is -2.06. The van der Waals surface area contributed by atoms with Crippen molar-refractivity contribution in [1.82, 2.24) is 15.0 Å². The first-order chi connectivity index (χ1) is 14.4. The van der Waals surface area contributed by atoms with Crippen LogP contribution < -0.4 is 10.6 Å². The molecule has 2 aliphatic rings. The van der Waals surface area contributed by atoms with E-state index in [1.807, 2.05) is 4.90 Å². The maximum atomic E-state index is 13.6. The highest BCUT2D eigenvalue weighted by molar-refractivity contribution is 5.90. The minimum absolute atomic E-state index is 0.134. The van der Waals surface area contributed by atoms with Crippen LogP contribution in [0.2, 0.25) is 0 Å². The van der Waals surface area contributed by atoms with Crippen molar-refractivity contribution in [2.75, 3.05) is 18.0 Å². The van der Waals surface area contributed by atoms with Crippen molar-refractivity contribution in [1.29, 1.82) is 0 Å². The molecule has 0 aliphatic carbocycles.